The number of ether oxygens (including phenoxy) is 1. The molecule has 2 atom stereocenters. The average Bonchev–Trinajstić information content (AvgIpc) is 2.61. The lowest BCUT2D eigenvalue weighted by Gasteiger charge is -2.32. The Morgan fingerprint density at radius 1 is 1.21 bits per heavy atom. The van der Waals surface area contributed by atoms with Crippen molar-refractivity contribution in [3.05, 3.63) is 71.0 Å². The molecule has 2 unspecified atom stereocenters. The van der Waals surface area contributed by atoms with Crippen molar-refractivity contribution in [2.45, 2.75) is 25.0 Å². The summed E-state index contributed by atoms with van der Waals surface area (Å²) in [7, 11) is 0. The summed E-state index contributed by atoms with van der Waals surface area (Å²) < 4.78 is 19.2. The van der Waals surface area contributed by atoms with Gasteiger partial charge in [0.1, 0.15) is 5.82 Å². The van der Waals surface area contributed by atoms with E-state index in [1.54, 1.807) is 12.1 Å². The van der Waals surface area contributed by atoms with Gasteiger partial charge in [0, 0.05) is 18.0 Å². The van der Waals surface area contributed by atoms with Gasteiger partial charge in [0.15, 0.2) is 0 Å². The van der Waals surface area contributed by atoms with Crippen LogP contribution in [-0.2, 0) is 11.3 Å². The molecule has 1 fully saturated rings. The molecule has 1 saturated heterocycles. The highest BCUT2D eigenvalue weighted by Gasteiger charge is 2.27. The summed E-state index contributed by atoms with van der Waals surface area (Å²) >= 11 is 0. The number of benzene rings is 2. The minimum atomic E-state index is -0.453. The number of nitrogens with two attached hydrogens (primary N) is 1. The second kappa shape index (κ2) is 7.55. The Labute approximate surface area is 140 Å². The van der Waals surface area contributed by atoms with E-state index in [1.165, 1.54) is 12.1 Å². The maximum absolute atomic E-state index is 13.2. The number of hydrogen-bond acceptors (Lipinski definition) is 3. The van der Waals surface area contributed by atoms with E-state index < -0.39 is 5.91 Å². The summed E-state index contributed by atoms with van der Waals surface area (Å²) in [5.74, 6) is -0.487. The van der Waals surface area contributed by atoms with E-state index in [0.717, 1.165) is 30.6 Å². The molecule has 0 spiro atoms. The highest BCUT2D eigenvalue weighted by molar-refractivity contribution is 5.94. The predicted octanol–water partition coefficient (Wildman–Crippen LogP) is 2.59. The number of halogens is 1. The molecular weight excluding hydrogens is 307 g/mol. The third-order valence-electron chi connectivity index (χ3n) is 4.46. The highest BCUT2D eigenvalue weighted by Crippen LogP contribution is 2.28. The molecule has 1 aliphatic heterocycles. The number of carbonyl (C=O) groups excluding carboxylic acids is 1. The lowest BCUT2D eigenvalue weighted by Crippen LogP contribution is -2.41. The molecule has 4 nitrogen and oxygen atoms in total. The molecule has 0 aromatic heterocycles. The lowest BCUT2D eigenvalue weighted by atomic mass is 9.87. The van der Waals surface area contributed by atoms with Gasteiger partial charge in [-0.3, -0.25) is 4.79 Å². The molecule has 0 saturated carbocycles. The number of carbonyl (C=O) groups is 1. The summed E-state index contributed by atoms with van der Waals surface area (Å²) in [6.07, 6.45) is 0.887. The zero-order valence-corrected chi connectivity index (χ0v) is 13.4. The fourth-order valence-electron chi connectivity index (χ4n) is 3.18. The van der Waals surface area contributed by atoms with Crippen LogP contribution in [0.15, 0.2) is 48.5 Å². The Morgan fingerprint density at radius 2 is 1.96 bits per heavy atom. The number of rotatable bonds is 5. The Bertz CT molecular complexity index is 703. The largest absolute Gasteiger partial charge is 0.372 e. The van der Waals surface area contributed by atoms with Gasteiger partial charge < -0.3 is 15.8 Å². The zero-order valence-electron chi connectivity index (χ0n) is 13.4. The minimum absolute atomic E-state index is 0.0369. The lowest BCUT2D eigenvalue weighted by molar-refractivity contribution is 0.0103. The molecule has 3 rings (SSSR count). The number of primary amides is 1. The third kappa shape index (κ3) is 3.80. The molecule has 1 amide bonds. The van der Waals surface area contributed by atoms with E-state index >= 15 is 0 Å². The van der Waals surface area contributed by atoms with Crippen LogP contribution in [0.2, 0.25) is 0 Å². The molecule has 5 heteroatoms. The summed E-state index contributed by atoms with van der Waals surface area (Å²) in [4.78, 5) is 11.5. The first-order valence-electron chi connectivity index (χ1n) is 8.10. The smallest absolute Gasteiger partial charge is 0.249 e. The molecule has 0 bridgehead atoms. The minimum Gasteiger partial charge on any atom is -0.372 e. The van der Waals surface area contributed by atoms with Gasteiger partial charge in [-0.2, -0.15) is 0 Å². The van der Waals surface area contributed by atoms with Crippen molar-refractivity contribution in [3.8, 4) is 0 Å². The van der Waals surface area contributed by atoms with Gasteiger partial charge >= 0.3 is 0 Å². The number of hydrogen-bond donors (Lipinski definition) is 2. The Balaban J connectivity index is 1.73. The fraction of sp³-hybridized carbons (Fsp3) is 0.316. The van der Waals surface area contributed by atoms with Gasteiger partial charge in [0.2, 0.25) is 5.91 Å². The van der Waals surface area contributed by atoms with E-state index in [-0.39, 0.29) is 17.8 Å². The summed E-state index contributed by atoms with van der Waals surface area (Å²) in [6.45, 7) is 1.95. The quantitative estimate of drug-likeness (QED) is 0.887. The molecular formula is C19H21FN2O2. The molecule has 0 radical (unpaired) electrons. The topological polar surface area (TPSA) is 64.4 Å². The Morgan fingerprint density at radius 3 is 2.71 bits per heavy atom. The second-order valence-corrected chi connectivity index (χ2v) is 6.02. The number of amides is 1. The van der Waals surface area contributed by atoms with Crippen molar-refractivity contribution in [2.75, 3.05) is 13.1 Å². The molecule has 1 aliphatic rings. The van der Waals surface area contributed by atoms with Crippen LogP contribution in [0.3, 0.4) is 0 Å². The monoisotopic (exact) mass is 328 g/mol. The van der Waals surface area contributed by atoms with E-state index in [4.69, 9.17) is 10.5 Å². The molecule has 3 N–H and O–H groups in total. The summed E-state index contributed by atoms with van der Waals surface area (Å²) in [6, 6.07) is 13.8. The Hall–Kier alpha value is -2.24. The standard InChI is InChI=1S/C19H21FN2O2/c20-15-7-5-13(6-8-15)16-9-10-22-11-18(16)24-12-14-3-1-2-4-17(14)19(21)23/h1-8,16,18,22H,9-12H2,(H2,21,23). The maximum Gasteiger partial charge on any atom is 0.249 e. The van der Waals surface area contributed by atoms with Crippen LogP contribution in [0.1, 0.15) is 33.8 Å². The van der Waals surface area contributed by atoms with Crippen molar-refractivity contribution in [3.63, 3.8) is 0 Å². The van der Waals surface area contributed by atoms with E-state index in [0.29, 0.717) is 12.2 Å². The van der Waals surface area contributed by atoms with Crippen molar-refractivity contribution in [1.29, 1.82) is 0 Å². The molecule has 1 heterocycles. The first-order chi connectivity index (χ1) is 11.6. The van der Waals surface area contributed by atoms with Gasteiger partial charge in [-0.05, 0) is 42.3 Å². The maximum atomic E-state index is 13.2. The van der Waals surface area contributed by atoms with Crippen molar-refractivity contribution in [2.24, 2.45) is 5.73 Å². The van der Waals surface area contributed by atoms with E-state index in [1.807, 2.05) is 24.3 Å². The SMILES string of the molecule is NC(=O)c1ccccc1COC1CNCCC1c1ccc(F)cc1. The molecule has 126 valence electrons. The van der Waals surface area contributed by atoms with Crippen LogP contribution in [0.4, 0.5) is 4.39 Å². The van der Waals surface area contributed by atoms with Crippen LogP contribution < -0.4 is 11.1 Å². The first-order valence-corrected chi connectivity index (χ1v) is 8.10. The highest BCUT2D eigenvalue weighted by atomic mass is 19.1. The van der Waals surface area contributed by atoms with Crippen molar-refractivity contribution < 1.29 is 13.9 Å². The second-order valence-electron chi connectivity index (χ2n) is 6.02. The van der Waals surface area contributed by atoms with Crippen molar-refractivity contribution in [1.82, 2.24) is 5.32 Å². The molecule has 2 aromatic carbocycles. The van der Waals surface area contributed by atoms with Crippen LogP contribution in [0, 0.1) is 5.82 Å². The van der Waals surface area contributed by atoms with Gasteiger partial charge in [0.05, 0.1) is 12.7 Å². The Kier molecular flexibility index (Phi) is 5.23. The van der Waals surface area contributed by atoms with Crippen LogP contribution >= 0.6 is 0 Å². The molecule has 24 heavy (non-hydrogen) atoms. The van der Waals surface area contributed by atoms with Gasteiger partial charge in [-0.1, -0.05) is 30.3 Å². The normalized spacial score (nSPS) is 20.7. The van der Waals surface area contributed by atoms with Gasteiger partial charge in [-0.25, -0.2) is 4.39 Å². The first kappa shape index (κ1) is 16.6. The molecule has 0 aliphatic carbocycles. The van der Waals surface area contributed by atoms with E-state index in [9.17, 15) is 9.18 Å². The molecule has 2 aromatic rings. The van der Waals surface area contributed by atoms with Gasteiger partial charge in [0.25, 0.3) is 0 Å². The van der Waals surface area contributed by atoms with Gasteiger partial charge in [-0.15, -0.1) is 0 Å². The van der Waals surface area contributed by atoms with E-state index in [2.05, 4.69) is 5.32 Å². The summed E-state index contributed by atoms with van der Waals surface area (Å²) in [5, 5.41) is 3.33. The zero-order chi connectivity index (χ0) is 16.9. The predicted molar refractivity (Wildman–Crippen MR) is 90.2 cm³/mol. The average molecular weight is 328 g/mol. The van der Waals surface area contributed by atoms with Crippen LogP contribution in [0.25, 0.3) is 0 Å². The summed E-state index contributed by atoms with van der Waals surface area (Å²) in [5.41, 5.74) is 7.76. The third-order valence-corrected chi connectivity index (χ3v) is 4.46. The fourth-order valence-corrected chi connectivity index (χ4v) is 3.18. The van der Waals surface area contributed by atoms with Crippen LogP contribution in [-0.4, -0.2) is 25.1 Å². The number of nitrogens with one attached hydrogen (secondary N) is 1. The van der Waals surface area contributed by atoms with Crippen LogP contribution in [0.5, 0.6) is 0 Å². The van der Waals surface area contributed by atoms with Crippen molar-refractivity contribution >= 4 is 5.91 Å². The number of piperidine rings is 1.